The SMILES string of the molecule is COc1ccccc1[C@@H]1C(C#N)=C(N)OC2=C1S(=O)(=O)N(Cc1cccc(C)c1)c1ccccc12. The summed E-state index contributed by atoms with van der Waals surface area (Å²) < 4.78 is 41.4. The quantitative estimate of drug-likeness (QED) is 0.582. The van der Waals surface area contributed by atoms with E-state index in [2.05, 4.69) is 6.07 Å². The Morgan fingerprint density at radius 1 is 1.09 bits per heavy atom. The molecule has 8 heteroatoms. The van der Waals surface area contributed by atoms with E-state index >= 15 is 0 Å². The number of aryl methyl sites for hydroxylation is 1. The first-order chi connectivity index (χ1) is 16.9. The van der Waals surface area contributed by atoms with E-state index < -0.39 is 15.9 Å². The molecular weight excluding hydrogens is 462 g/mol. The van der Waals surface area contributed by atoms with Crippen molar-refractivity contribution in [2.45, 2.75) is 19.4 Å². The Balaban J connectivity index is 1.78. The highest BCUT2D eigenvalue weighted by Gasteiger charge is 2.47. The number of nitrogens with two attached hydrogens (primary N) is 1. The second-order valence-electron chi connectivity index (χ2n) is 8.38. The summed E-state index contributed by atoms with van der Waals surface area (Å²) in [5.41, 5.74) is 9.67. The molecule has 2 N–H and O–H groups in total. The van der Waals surface area contributed by atoms with E-state index in [0.29, 0.717) is 22.6 Å². The molecule has 7 nitrogen and oxygen atoms in total. The van der Waals surface area contributed by atoms with Gasteiger partial charge in [0.25, 0.3) is 10.0 Å². The van der Waals surface area contributed by atoms with Crippen LogP contribution in [-0.2, 0) is 21.3 Å². The summed E-state index contributed by atoms with van der Waals surface area (Å²) >= 11 is 0. The van der Waals surface area contributed by atoms with Crippen molar-refractivity contribution in [2.24, 2.45) is 5.73 Å². The van der Waals surface area contributed by atoms with Crippen LogP contribution in [0.3, 0.4) is 0 Å². The van der Waals surface area contributed by atoms with Gasteiger partial charge in [-0.25, -0.2) is 8.42 Å². The molecule has 35 heavy (non-hydrogen) atoms. The number of hydrogen-bond donors (Lipinski definition) is 1. The number of nitriles is 1. The number of para-hydroxylation sites is 2. The van der Waals surface area contributed by atoms with Crippen LogP contribution in [0.2, 0.25) is 0 Å². The van der Waals surface area contributed by atoms with Gasteiger partial charge in [-0.3, -0.25) is 4.31 Å². The summed E-state index contributed by atoms with van der Waals surface area (Å²) in [5, 5.41) is 10.0. The lowest BCUT2D eigenvalue weighted by molar-refractivity contribution is 0.355. The summed E-state index contributed by atoms with van der Waals surface area (Å²) in [4.78, 5) is -0.0286. The number of allylic oxidation sites excluding steroid dienone is 2. The molecule has 0 saturated carbocycles. The molecule has 1 atom stereocenters. The van der Waals surface area contributed by atoms with Crippen LogP contribution in [0.15, 0.2) is 89.2 Å². The standard InChI is InChI=1S/C27H23N3O4S/c1-17-8-7-9-18(14-17)16-30-22-12-5-3-10-19(22)25-26(35(30,31)32)24(21(15-28)27(29)34-25)20-11-4-6-13-23(20)33-2/h3-14,24H,16,29H2,1-2H3/t24-/m1/s1. The van der Waals surface area contributed by atoms with E-state index in [0.717, 1.165) is 11.1 Å². The van der Waals surface area contributed by atoms with E-state index in [4.69, 9.17) is 15.2 Å². The van der Waals surface area contributed by atoms with Gasteiger partial charge in [0.15, 0.2) is 5.76 Å². The zero-order chi connectivity index (χ0) is 24.7. The fraction of sp³-hybridized carbons (Fsp3) is 0.148. The average Bonchev–Trinajstić information content (AvgIpc) is 2.86. The number of anilines is 1. The van der Waals surface area contributed by atoms with Crippen molar-refractivity contribution in [2.75, 3.05) is 11.4 Å². The molecular formula is C27H23N3O4S. The Bertz CT molecular complexity index is 1550. The zero-order valence-electron chi connectivity index (χ0n) is 19.2. The van der Waals surface area contributed by atoms with Crippen molar-refractivity contribution in [1.29, 1.82) is 5.26 Å². The third-order valence-corrected chi connectivity index (χ3v) is 8.10. The number of benzene rings is 3. The molecule has 0 bridgehead atoms. The number of rotatable bonds is 4. The van der Waals surface area contributed by atoms with Crippen LogP contribution in [0.4, 0.5) is 5.69 Å². The van der Waals surface area contributed by atoms with Gasteiger partial charge >= 0.3 is 0 Å². The van der Waals surface area contributed by atoms with E-state index in [-0.39, 0.29) is 28.7 Å². The molecule has 0 aromatic heterocycles. The maximum atomic E-state index is 14.3. The molecule has 3 aromatic rings. The van der Waals surface area contributed by atoms with Crippen molar-refractivity contribution in [3.05, 3.63) is 111 Å². The van der Waals surface area contributed by atoms with Gasteiger partial charge in [0, 0.05) is 11.1 Å². The molecule has 176 valence electrons. The largest absolute Gasteiger partial charge is 0.496 e. The van der Waals surface area contributed by atoms with Gasteiger partial charge in [0.05, 0.1) is 25.3 Å². The molecule has 5 rings (SSSR count). The van der Waals surface area contributed by atoms with Crippen LogP contribution < -0.4 is 14.8 Å². The van der Waals surface area contributed by atoms with Gasteiger partial charge in [-0.05, 0) is 30.7 Å². The van der Waals surface area contributed by atoms with Crippen LogP contribution in [0.25, 0.3) is 5.76 Å². The predicted molar refractivity (Wildman–Crippen MR) is 133 cm³/mol. The number of fused-ring (bicyclic) bond motifs is 2. The number of ether oxygens (including phenoxy) is 2. The minimum absolute atomic E-state index is 0.0201. The monoisotopic (exact) mass is 485 g/mol. The number of nitrogens with zero attached hydrogens (tertiary/aromatic N) is 2. The van der Waals surface area contributed by atoms with Crippen LogP contribution in [-0.4, -0.2) is 15.5 Å². The minimum atomic E-state index is -4.15. The van der Waals surface area contributed by atoms with Crippen molar-refractivity contribution in [1.82, 2.24) is 0 Å². The molecule has 0 saturated heterocycles. The Labute approximate surface area is 204 Å². The van der Waals surface area contributed by atoms with Crippen LogP contribution in [0, 0.1) is 18.3 Å². The van der Waals surface area contributed by atoms with Crippen LogP contribution >= 0.6 is 0 Å². The minimum Gasteiger partial charge on any atom is -0.496 e. The van der Waals surface area contributed by atoms with Gasteiger partial charge in [-0.15, -0.1) is 0 Å². The normalized spacial score (nSPS) is 18.3. The van der Waals surface area contributed by atoms with Gasteiger partial charge < -0.3 is 15.2 Å². The van der Waals surface area contributed by atoms with Crippen LogP contribution in [0.5, 0.6) is 5.75 Å². The molecule has 3 aromatic carbocycles. The maximum absolute atomic E-state index is 14.3. The highest BCUT2D eigenvalue weighted by Crippen LogP contribution is 2.52. The highest BCUT2D eigenvalue weighted by molar-refractivity contribution is 7.96. The van der Waals surface area contributed by atoms with E-state index in [1.807, 2.05) is 37.3 Å². The number of sulfonamides is 1. The Hall–Kier alpha value is -4.22. The number of methoxy groups -OCH3 is 1. The lowest BCUT2D eigenvalue weighted by atomic mass is 9.87. The molecule has 0 fully saturated rings. The Kier molecular flexibility index (Phi) is 5.50. The first-order valence-corrected chi connectivity index (χ1v) is 12.4. The molecule has 2 heterocycles. The first-order valence-electron chi connectivity index (χ1n) is 11.0. The topological polar surface area (TPSA) is 106 Å². The summed E-state index contributed by atoms with van der Waals surface area (Å²) in [6, 6.07) is 23.9. The van der Waals surface area contributed by atoms with Gasteiger partial charge in [-0.2, -0.15) is 5.26 Å². The van der Waals surface area contributed by atoms with E-state index in [1.54, 1.807) is 42.5 Å². The molecule has 0 amide bonds. The summed E-state index contributed by atoms with van der Waals surface area (Å²) in [5.74, 6) is -0.530. The Morgan fingerprint density at radius 3 is 2.57 bits per heavy atom. The molecule has 0 aliphatic carbocycles. The highest BCUT2D eigenvalue weighted by atomic mass is 32.2. The summed E-state index contributed by atoms with van der Waals surface area (Å²) in [7, 11) is -2.64. The van der Waals surface area contributed by atoms with Crippen molar-refractivity contribution >= 4 is 21.5 Å². The summed E-state index contributed by atoms with van der Waals surface area (Å²) in [6.45, 7) is 2.08. The van der Waals surface area contributed by atoms with Gasteiger partial charge in [0.2, 0.25) is 5.88 Å². The van der Waals surface area contributed by atoms with E-state index in [9.17, 15) is 13.7 Å². The van der Waals surface area contributed by atoms with E-state index in [1.165, 1.54) is 11.4 Å². The van der Waals surface area contributed by atoms with Crippen molar-refractivity contribution in [3.63, 3.8) is 0 Å². The average molecular weight is 486 g/mol. The lowest BCUT2D eigenvalue weighted by Crippen LogP contribution is -2.39. The first kappa shape index (κ1) is 22.6. The van der Waals surface area contributed by atoms with Crippen molar-refractivity contribution in [3.8, 4) is 11.8 Å². The molecule has 2 aliphatic rings. The molecule has 2 aliphatic heterocycles. The molecule has 0 spiro atoms. The maximum Gasteiger partial charge on any atom is 0.265 e. The van der Waals surface area contributed by atoms with Gasteiger partial charge in [0.1, 0.15) is 22.3 Å². The second-order valence-corrected chi connectivity index (χ2v) is 10.2. The van der Waals surface area contributed by atoms with Gasteiger partial charge in [-0.1, -0.05) is 60.2 Å². The summed E-state index contributed by atoms with van der Waals surface area (Å²) in [6.07, 6.45) is 0. The third kappa shape index (κ3) is 3.61. The van der Waals surface area contributed by atoms with Crippen LogP contribution in [0.1, 0.15) is 28.2 Å². The smallest absolute Gasteiger partial charge is 0.265 e. The fourth-order valence-corrected chi connectivity index (χ4v) is 6.58. The van der Waals surface area contributed by atoms with Crippen molar-refractivity contribution < 1.29 is 17.9 Å². The number of hydrogen-bond acceptors (Lipinski definition) is 6. The third-order valence-electron chi connectivity index (χ3n) is 6.22. The Morgan fingerprint density at radius 2 is 1.83 bits per heavy atom. The lowest BCUT2D eigenvalue weighted by Gasteiger charge is -2.38. The molecule has 0 unspecified atom stereocenters. The second kappa shape index (κ2) is 8.53. The molecule has 0 radical (unpaired) electrons. The fourth-order valence-electron chi connectivity index (χ4n) is 4.67. The zero-order valence-corrected chi connectivity index (χ0v) is 20.0. The predicted octanol–water partition coefficient (Wildman–Crippen LogP) is 4.53.